The van der Waals surface area contributed by atoms with Crippen LogP contribution < -0.4 is 14.2 Å². The van der Waals surface area contributed by atoms with Crippen molar-refractivity contribution in [1.82, 2.24) is 9.62 Å². The highest BCUT2D eigenvalue weighted by Gasteiger charge is 2.26. The van der Waals surface area contributed by atoms with Crippen LogP contribution in [0.4, 0.5) is 5.69 Å². The van der Waals surface area contributed by atoms with Crippen LogP contribution in [0.5, 0.6) is 0 Å². The molecule has 0 saturated heterocycles. The zero-order valence-corrected chi connectivity index (χ0v) is 29.5. The number of sulfonamides is 1. The van der Waals surface area contributed by atoms with E-state index in [9.17, 15) is 16.8 Å². The van der Waals surface area contributed by atoms with Gasteiger partial charge in [0.05, 0.1) is 26.8 Å². The molecule has 5 rings (SSSR count). The van der Waals surface area contributed by atoms with Crippen LogP contribution in [0.1, 0.15) is 37.0 Å². The van der Waals surface area contributed by atoms with Gasteiger partial charge in [-0.3, -0.25) is 9.45 Å². The van der Waals surface area contributed by atoms with Crippen LogP contribution in [0, 0.1) is 0 Å². The molecule has 248 valence electrons. The van der Waals surface area contributed by atoms with Gasteiger partial charge in [-0.15, -0.1) is 0 Å². The van der Waals surface area contributed by atoms with Crippen LogP contribution in [0.3, 0.4) is 0 Å². The number of pyridine rings is 1. The highest BCUT2D eigenvalue weighted by atomic mass is 32.2. The Morgan fingerprint density at radius 2 is 1.72 bits per heavy atom. The number of aromatic nitrogens is 1. The Bertz CT molecular complexity index is 2040. The van der Waals surface area contributed by atoms with Gasteiger partial charge < -0.3 is 4.90 Å². The smallest absolute Gasteiger partial charge is 0.264 e. The second-order valence-electron chi connectivity index (χ2n) is 11.5. The van der Waals surface area contributed by atoms with Gasteiger partial charge in [-0.1, -0.05) is 62.0 Å². The first kappa shape index (κ1) is 34.8. The predicted octanol–water partition coefficient (Wildman–Crippen LogP) is 5.69. The molecule has 47 heavy (non-hydrogen) atoms. The molecule has 2 heterocycles. The van der Waals surface area contributed by atoms with Gasteiger partial charge in [0.2, 0.25) is 15.5 Å². The largest absolute Gasteiger partial charge is 0.338 e. The van der Waals surface area contributed by atoms with Crippen LogP contribution in [0.25, 0.3) is 22.6 Å². The SMILES string of the molecule is CCN(CC)Cc1ccc(C(=Cc2cc[n+](C)c3ccccc23)C=C2Sc3ccc(S(=O)(=O)NCCCS(=O)(=O)O)cc3N2C)cc1. The first-order chi connectivity index (χ1) is 22.4. The van der Waals surface area contributed by atoms with E-state index in [-0.39, 0.29) is 17.9 Å². The maximum absolute atomic E-state index is 13.0. The molecule has 1 aliphatic heterocycles. The quantitative estimate of drug-likeness (QED) is 0.105. The topological polar surface area (TPSA) is 111 Å². The Labute approximate surface area is 282 Å². The molecule has 0 spiro atoms. The number of nitrogens with zero attached hydrogens (tertiary/aromatic N) is 3. The summed E-state index contributed by atoms with van der Waals surface area (Å²) in [6, 6.07) is 24.1. The van der Waals surface area contributed by atoms with E-state index in [2.05, 4.69) is 88.9 Å². The summed E-state index contributed by atoms with van der Waals surface area (Å²) < 4.78 is 61.5. The van der Waals surface area contributed by atoms with E-state index in [1.165, 1.54) is 5.56 Å². The molecule has 1 aromatic heterocycles. The second kappa shape index (κ2) is 14.7. The minimum absolute atomic E-state index is 0.0356. The normalized spacial score (nSPS) is 14.8. The summed E-state index contributed by atoms with van der Waals surface area (Å²) in [4.78, 5) is 5.38. The lowest BCUT2D eigenvalue weighted by Crippen LogP contribution is -2.28. The summed E-state index contributed by atoms with van der Waals surface area (Å²) in [5.41, 5.74) is 6.32. The third-order valence-corrected chi connectivity index (χ3v) is 11.7. The van der Waals surface area contributed by atoms with Crippen molar-refractivity contribution in [3.8, 4) is 0 Å². The number of benzene rings is 3. The van der Waals surface area contributed by atoms with Crippen molar-refractivity contribution in [2.24, 2.45) is 7.05 Å². The summed E-state index contributed by atoms with van der Waals surface area (Å²) in [5, 5.41) is 2.08. The van der Waals surface area contributed by atoms with Crippen LogP contribution in [0.15, 0.2) is 99.9 Å². The zero-order chi connectivity index (χ0) is 33.8. The number of hydrogen-bond acceptors (Lipinski definition) is 7. The van der Waals surface area contributed by atoms with Crippen LogP contribution in [-0.2, 0) is 33.7 Å². The van der Waals surface area contributed by atoms with Crippen molar-refractivity contribution < 1.29 is 26.0 Å². The van der Waals surface area contributed by atoms with Crippen LogP contribution >= 0.6 is 11.8 Å². The number of nitrogens with one attached hydrogen (secondary N) is 1. The van der Waals surface area contributed by atoms with Crippen LogP contribution in [-0.4, -0.2) is 58.7 Å². The Hall–Kier alpha value is -3.52. The van der Waals surface area contributed by atoms with Gasteiger partial charge in [-0.05, 0) is 78.2 Å². The van der Waals surface area contributed by atoms with Crippen molar-refractivity contribution in [1.29, 1.82) is 0 Å². The zero-order valence-electron chi connectivity index (χ0n) is 27.0. The molecule has 0 unspecified atom stereocenters. The van der Waals surface area contributed by atoms with Crippen molar-refractivity contribution in [3.05, 3.63) is 107 Å². The van der Waals surface area contributed by atoms with Crippen molar-refractivity contribution in [3.63, 3.8) is 0 Å². The van der Waals surface area contributed by atoms with Crippen LogP contribution in [0.2, 0.25) is 0 Å². The lowest BCUT2D eigenvalue weighted by atomic mass is 9.99. The van der Waals surface area contributed by atoms with Gasteiger partial charge in [0.25, 0.3) is 10.1 Å². The molecule has 4 aromatic rings. The van der Waals surface area contributed by atoms with Gasteiger partial charge in [-0.25, -0.2) is 17.7 Å². The first-order valence-corrected chi connectivity index (χ1v) is 19.4. The van der Waals surface area contributed by atoms with Crippen molar-refractivity contribution in [2.75, 3.05) is 37.3 Å². The van der Waals surface area contributed by atoms with Gasteiger partial charge >= 0.3 is 0 Å². The maximum atomic E-state index is 13.0. The summed E-state index contributed by atoms with van der Waals surface area (Å²) in [6.45, 7) is 7.11. The summed E-state index contributed by atoms with van der Waals surface area (Å²) in [7, 11) is -4.09. The maximum Gasteiger partial charge on any atom is 0.264 e. The molecule has 2 N–H and O–H groups in total. The highest BCUT2D eigenvalue weighted by molar-refractivity contribution is 8.03. The standard InChI is InChI=1S/C35H40N4O5S3/c1-5-39(6-2)25-26-12-14-27(15-13-26)29(22-28-18-20-37(3)32-11-8-7-10-31(28)32)23-35-38(4)33-24-30(16-17-34(33)45-35)47(43,44)36-19-9-21-46(40,41)42/h7-8,10-18,20,22-24,36H,5-6,9,19,21,25H2,1-4H3/p+1. The lowest BCUT2D eigenvalue weighted by molar-refractivity contribution is -0.644. The number of fused-ring (bicyclic) bond motifs is 2. The van der Waals surface area contributed by atoms with Gasteiger partial charge in [0.1, 0.15) is 7.05 Å². The van der Waals surface area contributed by atoms with E-state index in [4.69, 9.17) is 4.55 Å². The molecule has 0 fully saturated rings. The molecule has 9 nitrogen and oxygen atoms in total. The molecule has 12 heteroatoms. The first-order valence-electron chi connectivity index (χ1n) is 15.5. The summed E-state index contributed by atoms with van der Waals surface area (Å²) in [6.07, 6.45) is 6.38. The Balaban J connectivity index is 1.49. The molecular formula is C35H41N4O5S3+. The molecule has 0 aliphatic carbocycles. The van der Waals surface area contributed by atoms with Crippen molar-refractivity contribution >= 4 is 60.1 Å². The molecule has 0 atom stereocenters. The molecule has 0 saturated carbocycles. The number of hydrogen-bond donors (Lipinski definition) is 2. The van der Waals surface area contributed by atoms with E-state index >= 15 is 0 Å². The van der Waals surface area contributed by atoms with E-state index in [1.54, 1.807) is 30.0 Å². The number of anilines is 1. The third-order valence-electron chi connectivity index (χ3n) is 8.27. The number of thioether (sulfide) groups is 1. The molecule has 1 aliphatic rings. The molecular weight excluding hydrogens is 653 g/mol. The third kappa shape index (κ3) is 8.50. The monoisotopic (exact) mass is 693 g/mol. The average Bonchev–Trinajstić information content (AvgIpc) is 3.36. The predicted molar refractivity (Wildman–Crippen MR) is 191 cm³/mol. The average molecular weight is 694 g/mol. The summed E-state index contributed by atoms with van der Waals surface area (Å²) >= 11 is 1.57. The fourth-order valence-corrected chi connectivity index (χ4v) is 8.20. The molecule has 0 bridgehead atoms. The van der Waals surface area contributed by atoms with E-state index in [0.717, 1.165) is 62.8 Å². The minimum Gasteiger partial charge on any atom is -0.338 e. The number of allylic oxidation sites excluding steroid dienone is 2. The highest BCUT2D eigenvalue weighted by Crippen LogP contribution is 2.47. The summed E-state index contributed by atoms with van der Waals surface area (Å²) in [5.74, 6) is -0.515. The minimum atomic E-state index is -4.16. The van der Waals surface area contributed by atoms with Crippen molar-refractivity contribution in [2.45, 2.75) is 36.6 Å². The number of para-hydroxylation sites is 1. The lowest BCUT2D eigenvalue weighted by Gasteiger charge is -2.18. The van der Waals surface area contributed by atoms with Gasteiger partial charge in [-0.2, -0.15) is 8.42 Å². The molecule has 0 radical (unpaired) electrons. The fraction of sp³-hybridized carbons (Fsp3) is 0.286. The fourth-order valence-electron chi connectivity index (χ4n) is 5.51. The van der Waals surface area contributed by atoms with E-state index in [1.807, 2.05) is 31.1 Å². The number of aryl methyl sites for hydroxylation is 1. The van der Waals surface area contributed by atoms with E-state index in [0.29, 0.717) is 0 Å². The molecule has 0 amide bonds. The Kier molecular flexibility index (Phi) is 10.9. The number of rotatable bonds is 13. The van der Waals surface area contributed by atoms with Gasteiger partial charge in [0, 0.05) is 37.2 Å². The Morgan fingerprint density at radius 1 is 1.00 bits per heavy atom. The van der Waals surface area contributed by atoms with Gasteiger partial charge in [0.15, 0.2) is 6.20 Å². The molecule has 3 aromatic carbocycles. The second-order valence-corrected chi connectivity index (χ2v) is 15.9. The Morgan fingerprint density at radius 3 is 2.43 bits per heavy atom. The van der Waals surface area contributed by atoms with E-state index < -0.39 is 25.9 Å².